The van der Waals surface area contributed by atoms with E-state index >= 15 is 0 Å². The van der Waals surface area contributed by atoms with Crippen molar-refractivity contribution in [3.63, 3.8) is 0 Å². The molecule has 0 saturated carbocycles. The summed E-state index contributed by atoms with van der Waals surface area (Å²) < 4.78 is 11.2. The Kier molecular flexibility index (Phi) is 41.1. The second-order valence-corrected chi connectivity index (χ2v) is 17.2. The highest BCUT2D eigenvalue weighted by molar-refractivity contribution is 5.76. The van der Waals surface area contributed by atoms with Gasteiger partial charge in [-0.15, -0.1) is 0 Å². The van der Waals surface area contributed by atoms with Gasteiger partial charge in [-0.3, -0.25) is 4.79 Å². The maximum absolute atomic E-state index is 13.0. The van der Waals surface area contributed by atoms with Gasteiger partial charge in [-0.05, 0) is 83.5 Å². The molecule has 0 aromatic heterocycles. The van der Waals surface area contributed by atoms with Crippen LogP contribution in [0.25, 0.3) is 0 Å². The van der Waals surface area contributed by atoms with Gasteiger partial charge in [0.2, 0.25) is 5.91 Å². The smallest absolute Gasteiger partial charge is 0.220 e. The number of nitrogens with one attached hydrogen (secondary N) is 1. The van der Waals surface area contributed by atoms with E-state index in [1.807, 2.05) is 18.2 Å². The lowest BCUT2D eigenvalue weighted by Gasteiger charge is -2.40. The summed E-state index contributed by atoms with van der Waals surface area (Å²) in [6, 6.07) is -0.876. The minimum atomic E-state index is -1.59. The van der Waals surface area contributed by atoms with Crippen LogP contribution in [0.15, 0.2) is 109 Å². The molecule has 65 heavy (non-hydrogen) atoms. The summed E-state index contributed by atoms with van der Waals surface area (Å²) in [5.74, 6) is -0.277. The van der Waals surface area contributed by atoms with Gasteiger partial charge in [0.25, 0.3) is 0 Å². The van der Waals surface area contributed by atoms with Crippen molar-refractivity contribution in [2.24, 2.45) is 0 Å². The van der Waals surface area contributed by atoms with Crippen molar-refractivity contribution < 1.29 is 39.8 Å². The lowest BCUT2D eigenvalue weighted by atomic mass is 9.99. The fourth-order valence-corrected chi connectivity index (χ4v) is 7.27. The molecule has 6 N–H and O–H groups in total. The average Bonchev–Trinajstić information content (AvgIpc) is 3.31. The van der Waals surface area contributed by atoms with Crippen molar-refractivity contribution in [1.29, 1.82) is 0 Å². The van der Waals surface area contributed by atoms with Crippen LogP contribution in [0.2, 0.25) is 0 Å². The molecule has 0 radical (unpaired) electrons. The first kappa shape index (κ1) is 59.9. The molecule has 1 fully saturated rings. The molecule has 1 aliphatic rings. The van der Waals surface area contributed by atoms with E-state index in [9.17, 15) is 30.3 Å². The molecule has 7 atom stereocenters. The topological polar surface area (TPSA) is 149 Å². The van der Waals surface area contributed by atoms with E-state index in [-0.39, 0.29) is 18.9 Å². The number of rotatable bonds is 41. The largest absolute Gasteiger partial charge is 0.394 e. The summed E-state index contributed by atoms with van der Waals surface area (Å²) in [5, 5.41) is 54.2. The zero-order valence-electron chi connectivity index (χ0n) is 40.7. The highest BCUT2D eigenvalue weighted by Gasteiger charge is 2.44. The third kappa shape index (κ3) is 34.8. The first-order valence-electron chi connectivity index (χ1n) is 25.6. The number of ether oxygens (including phenoxy) is 2. The average molecular weight is 908 g/mol. The molecule has 1 saturated heterocycles. The maximum atomic E-state index is 13.0. The molecule has 9 heteroatoms. The highest BCUT2D eigenvalue weighted by Crippen LogP contribution is 2.22. The number of aliphatic hydroxyl groups excluding tert-OH is 5. The van der Waals surface area contributed by atoms with E-state index in [4.69, 9.17) is 9.47 Å². The fraction of sp³-hybridized carbons (Fsp3) is 0.661. The van der Waals surface area contributed by atoms with Gasteiger partial charge in [0.1, 0.15) is 24.4 Å². The Morgan fingerprint density at radius 3 is 1.46 bits per heavy atom. The van der Waals surface area contributed by atoms with Gasteiger partial charge in [-0.2, -0.15) is 0 Å². The second kappa shape index (κ2) is 44.7. The number of hydrogen-bond donors (Lipinski definition) is 6. The van der Waals surface area contributed by atoms with E-state index in [1.165, 1.54) is 83.5 Å². The minimum Gasteiger partial charge on any atom is -0.394 e. The molecule has 9 nitrogen and oxygen atoms in total. The fourth-order valence-electron chi connectivity index (χ4n) is 7.27. The van der Waals surface area contributed by atoms with Crippen LogP contribution >= 0.6 is 0 Å². The Bertz CT molecular complexity index is 1380. The summed E-state index contributed by atoms with van der Waals surface area (Å²) in [6.07, 6.45) is 58.7. The van der Waals surface area contributed by atoms with Crippen molar-refractivity contribution in [2.75, 3.05) is 13.2 Å². The molecule has 0 spiro atoms. The van der Waals surface area contributed by atoms with Gasteiger partial charge in [0, 0.05) is 6.42 Å². The van der Waals surface area contributed by atoms with Crippen LogP contribution in [-0.2, 0) is 14.3 Å². The molecule has 370 valence electrons. The highest BCUT2D eigenvalue weighted by atomic mass is 16.7. The number of carbonyl (C=O) groups excluding carboxylic acids is 1. The van der Waals surface area contributed by atoms with Crippen LogP contribution in [0.3, 0.4) is 0 Å². The molecular weight excluding hydrogens is 815 g/mol. The molecule has 1 aliphatic heterocycles. The Balaban J connectivity index is 2.40. The second-order valence-electron chi connectivity index (χ2n) is 17.2. The quantitative estimate of drug-likeness (QED) is 0.0262. The lowest BCUT2D eigenvalue weighted by molar-refractivity contribution is -0.302. The summed E-state index contributed by atoms with van der Waals surface area (Å²) in [4.78, 5) is 13.0. The number of hydrogen-bond acceptors (Lipinski definition) is 8. The van der Waals surface area contributed by atoms with E-state index in [2.05, 4.69) is 104 Å². The first-order valence-corrected chi connectivity index (χ1v) is 25.6. The third-order valence-corrected chi connectivity index (χ3v) is 11.3. The Morgan fingerprint density at radius 2 is 0.969 bits per heavy atom. The molecule has 0 bridgehead atoms. The third-order valence-electron chi connectivity index (χ3n) is 11.3. The van der Waals surface area contributed by atoms with Gasteiger partial charge in [0.15, 0.2) is 6.29 Å². The van der Waals surface area contributed by atoms with Crippen LogP contribution < -0.4 is 5.32 Å². The Hall–Kier alpha value is -3.15. The number of carbonyl (C=O) groups is 1. The zero-order chi connectivity index (χ0) is 47.3. The van der Waals surface area contributed by atoms with E-state index in [0.29, 0.717) is 12.8 Å². The summed E-state index contributed by atoms with van der Waals surface area (Å²) in [6.45, 7) is 3.58. The van der Waals surface area contributed by atoms with Crippen molar-refractivity contribution >= 4 is 5.91 Å². The van der Waals surface area contributed by atoms with Gasteiger partial charge < -0.3 is 40.3 Å². The van der Waals surface area contributed by atoms with Crippen molar-refractivity contribution in [2.45, 2.75) is 224 Å². The van der Waals surface area contributed by atoms with Crippen LogP contribution in [0.1, 0.15) is 181 Å². The number of unbranched alkanes of at least 4 members (excludes halogenated alkanes) is 15. The van der Waals surface area contributed by atoms with E-state index in [1.54, 1.807) is 6.08 Å². The van der Waals surface area contributed by atoms with Crippen LogP contribution in [-0.4, -0.2) is 87.5 Å². The van der Waals surface area contributed by atoms with Crippen LogP contribution in [0, 0.1) is 0 Å². The maximum Gasteiger partial charge on any atom is 0.220 e. The molecule has 7 unspecified atom stereocenters. The summed E-state index contributed by atoms with van der Waals surface area (Å²) >= 11 is 0. The number of amides is 1. The molecule has 0 aromatic carbocycles. The Morgan fingerprint density at radius 1 is 0.538 bits per heavy atom. The molecular formula is C56H93NO8. The van der Waals surface area contributed by atoms with Gasteiger partial charge >= 0.3 is 0 Å². The standard InChI is InChI=1S/C56H93NO8/c1-3-5-7-9-11-13-15-17-19-21-23-24-25-26-28-29-31-33-35-37-39-41-43-45-50(59)49(48-64-56-55(63)54(62)53(61)51(47-58)65-56)57-52(60)46-44-42-40-38-36-34-32-30-27-22-20-18-16-14-12-10-8-6-4-2/h6,8,12,14,18,20,27-30,34-37,40,42-43,45,49-51,53-56,58-59,61-63H,3-5,7,9-11,13,15-17,19,21-26,31-33,38-39,41,44,46-48H2,1-2H3,(H,57,60)/b8-6-,14-12-,20-18-,29-28+,30-27-,36-34-,37-35+,42-40-,45-43+. The lowest BCUT2D eigenvalue weighted by Crippen LogP contribution is -2.60. The SMILES string of the molecule is CC/C=C\C/C=C\C/C=C\C/C=C\C/C=C\C/C=C\CCC(=O)NC(COC1OC(CO)C(O)C(O)C1O)C(O)/C=C/CC/C=C/CC/C=C/CCCCCCCCCCCCCCC. The van der Waals surface area contributed by atoms with E-state index < -0.39 is 49.5 Å². The Labute approximate surface area is 396 Å². The van der Waals surface area contributed by atoms with Gasteiger partial charge in [-0.1, -0.05) is 200 Å². The molecule has 1 rings (SSSR count). The molecule has 1 heterocycles. The first-order chi connectivity index (χ1) is 31.8. The van der Waals surface area contributed by atoms with Crippen LogP contribution in [0.5, 0.6) is 0 Å². The minimum absolute atomic E-state index is 0.203. The molecule has 0 aromatic rings. The number of aliphatic hydroxyl groups is 5. The van der Waals surface area contributed by atoms with E-state index in [0.717, 1.165) is 64.2 Å². The summed E-state index contributed by atoms with van der Waals surface area (Å²) in [5.41, 5.74) is 0. The summed E-state index contributed by atoms with van der Waals surface area (Å²) in [7, 11) is 0. The normalized spacial score (nSPS) is 20.9. The van der Waals surface area contributed by atoms with Crippen molar-refractivity contribution in [3.05, 3.63) is 109 Å². The molecule has 1 amide bonds. The van der Waals surface area contributed by atoms with Crippen molar-refractivity contribution in [1.82, 2.24) is 5.32 Å². The van der Waals surface area contributed by atoms with Crippen molar-refractivity contribution in [3.8, 4) is 0 Å². The van der Waals surface area contributed by atoms with Crippen LogP contribution in [0.4, 0.5) is 0 Å². The van der Waals surface area contributed by atoms with Gasteiger partial charge in [0.05, 0.1) is 25.4 Å². The predicted octanol–water partition coefficient (Wildman–Crippen LogP) is 11.8. The van der Waals surface area contributed by atoms with Gasteiger partial charge in [-0.25, -0.2) is 0 Å². The molecule has 0 aliphatic carbocycles. The zero-order valence-corrected chi connectivity index (χ0v) is 40.7. The monoisotopic (exact) mass is 908 g/mol. The number of allylic oxidation sites excluding steroid dienone is 17. The predicted molar refractivity (Wildman–Crippen MR) is 271 cm³/mol.